The maximum atomic E-state index is 11.1. The summed E-state index contributed by atoms with van der Waals surface area (Å²) in [7, 11) is 0. The van der Waals surface area contributed by atoms with Crippen LogP contribution in [0.15, 0.2) is 21.5 Å². The molecule has 0 radical (unpaired) electrons. The molecule has 1 heterocycles. The fourth-order valence-electron chi connectivity index (χ4n) is 1.41. The van der Waals surface area contributed by atoms with Gasteiger partial charge in [-0.3, -0.25) is 4.79 Å². The molecule has 0 aliphatic carbocycles. The summed E-state index contributed by atoms with van der Waals surface area (Å²) in [5, 5.41) is 2.95. The minimum atomic E-state index is -0.156. The summed E-state index contributed by atoms with van der Waals surface area (Å²) in [6, 6.07) is 3.81. The number of aryl methyl sites for hydroxylation is 2. The van der Waals surface area contributed by atoms with E-state index < -0.39 is 0 Å². The highest BCUT2D eigenvalue weighted by Crippen LogP contribution is 2.16. The predicted molar refractivity (Wildman–Crippen MR) is 46.3 cm³/mol. The zero-order valence-electron chi connectivity index (χ0n) is 6.97. The molecule has 62 valence electrons. The van der Waals surface area contributed by atoms with Crippen molar-refractivity contribution in [1.82, 2.24) is 5.16 Å². The third kappa shape index (κ3) is 0.863. The van der Waals surface area contributed by atoms with Gasteiger partial charge < -0.3 is 4.52 Å². The summed E-state index contributed by atoms with van der Waals surface area (Å²) in [4.78, 5) is 11.1. The van der Waals surface area contributed by atoms with Crippen LogP contribution in [0.2, 0.25) is 0 Å². The number of nitrogens with one attached hydrogen (secondary N) is 1. The molecule has 2 aromatic rings. The van der Waals surface area contributed by atoms with E-state index in [0.717, 1.165) is 11.1 Å². The van der Waals surface area contributed by atoms with Crippen LogP contribution in [0.4, 0.5) is 0 Å². The minimum Gasteiger partial charge on any atom is -0.378 e. The van der Waals surface area contributed by atoms with Crippen molar-refractivity contribution in [3.8, 4) is 0 Å². The van der Waals surface area contributed by atoms with E-state index in [9.17, 15) is 4.79 Å². The zero-order chi connectivity index (χ0) is 8.72. The molecule has 0 aliphatic heterocycles. The summed E-state index contributed by atoms with van der Waals surface area (Å²) < 4.78 is 5.00. The highest BCUT2D eigenvalue weighted by Gasteiger charge is 2.05. The van der Waals surface area contributed by atoms with E-state index in [1.54, 1.807) is 0 Å². The van der Waals surface area contributed by atoms with E-state index in [-0.39, 0.29) is 5.56 Å². The lowest BCUT2D eigenvalue weighted by molar-refractivity contribution is 0.447. The molecule has 0 bridgehead atoms. The number of aromatic amines is 1. The third-order valence-corrected chi connectivity index (χ3v) is 1.91. The molecule has 1 N–H and O–H groups in total. The van der Waals surface area contributed by atoms with Crippen LogP contribution in [0.1, 0.15) is 11.1 Å². The van der Waals surface area contributed by atoms with Crippen molar-refractivity contribution in [2.24, 2.45) is 0 Å². The largest absolute Gasteiger partial charge is 0.378 e. The van der Waals surface area contributed by atoms with Crippen LogP contribution in [0, 0.1) is 13.8 Å². The number of hydrogen-bond donors (Lipinski definition) is 1. The molecule has 0 saturated heterocycles. The smallest absolute Gasteiger partial charge is 0.287 e. The quantitative estimate of drug-likeness (QED) is 0.643. The standard InChI is InChI=1S/C9H9NO2/c1-5-3-6(2)8-7(4-5)9(11)10-12-8/h3-4H,1-2H3,(H,10,11). The predicted octanol–water partition coefficient (Wildman–Crippen LogP) is 1.74. The van der Waals surface area contributed by atoms with Gasteiger partial charge >= 0.3 is 0 Å². The lowest BCUT2D eigenvalue weighted by atomic mass is 10.1. The molecule has 0 unspecified atom stereocenters. The van der Waals surface area contributed by atoms with Crippen LogP contribution >= 0.6 is 0 Å². The fraction of sp³-hybridized carbons (Fsp3) is 0.222. The van der Waals surface area contributed by atoms with Crippen molar-refractivity contribution in [2.45, 2.75) is 13.8 Å². The van der Waals surface area contributed by atoms with Gasteiger partial charge in [-0.1, -0.05) is 6.07 Å². The first-order chi connectivity index (χ1) is 5.68. The van der Waals surface area contributed by atoms with Crippen LogP contribution in [-0.4, -0.2) is 5.16 Å². The van der Waals surface area contributed by atoms with Crippen LogP contribution < -0.4 is 5.56 Å². The Kier molecular flexibility index (Phi) is 1.33. The Bertz CT molecular complexity index is 479. The second-order valence-corrected chi connectivity index (χ2v) is 2.99. The van der Waals surface area contributed by atoms with Crippen LogP contribution in [-0.2, 0) is 0 Å². The van der Waals surface area contributed by atoms with E-state index in [0.29, 0.717) is 11.0 Å². The molecular weight excluding hydrogens is 154 g/mol. The lowest BCUT2D eigenvalue weighted by Crippen LogP contribution is -1.96. The van der Waals surface area contributed by atoms with Gasteiger partial charge in [0.05, 0.1) is 5.39 Å². The van der Waals surface area contributed by atoms with Gasteiger partial charge in [0, 0.05) is 0 Å². The third-order valence-electron chi connectivity index (χ3n) is 1.91. The summed E-state index contributed by atoms with van der Waals surface area (Å²) >= 11 is 0. The fourth-order valence-corrected chi connectivity index (χ4v) is 1.41. The van der Waals surface area contributed by atoms with Crippen molar-refractivity contribution in [3.05, 3.63) is 33.6 Å². The number of H-pyrrole nitrogens is 1. The lowest BCUT2D eigenvalue weighted by Gasteiger charge is -1.94. The van der Waals surface area contributed by atoms with E-state index in [1.807, 2.05) is 26.0 Å². The maximum absolute atomic E-state index is 11.1. The van der Waals surface area contributed by atoms with Crippen LogP contribution in [0.3, 0.4) is 0 Å². The van der Waals surface area contributed by atoms with Gasteiger partial charge in [-0.25, -0.2) is 0 Å². The topological polar surface area (TPSA) is 46.0 Å². The molecule has 0 atom stereocenters. The highest BCUT2D eigenvalue weighted by molar-refractivity contribution is 5.79. The van der Waals surface area contributed by atoms with E-state index in [1.165, 1.54) is 0 Å². The number of fused-ring (bicyclic) bond motifs is 1. The Morgan fingerprint density at radius 3 is 2.83 bits per heavy atom. The molecule has 0 saturated carbocycles. The molecule has 2 rings (SSSR count). The summed E-state index contributed by atoms with van der Waals surface area (Å²) in [6.45, 7) is 3.88. The van der Waals surface area contributed by atoms with E-state index in [2.05, 4.69) is 5.16 Å². The average Bonchev–Trinajstić information content (AvgIpc) is 2.33. The van der Waals surface area contributed by atoms with Crippen molar-refractivity contribution in [2.75, 3.05) is 0 Å². The van der Waals surface area contributed by atoms with Gasteiger partial charge in [0.15, 0.2) is 5.58 Å². The number of aromatic nitrogens is 1. The van der Waals surface area contributed by atoms with E-state index in [4.69, 9.17) is 4.52 Å². The molecule has 0 spiro atoms. The van der Waals surface area contributed by atoms with Gasteiger partial charge in [0.1, 0.15) is 0 Å². The van der Waals surface area contributed by atoms with Gasteiger partial charge in [-0.2, -0.15) is 5.16 Å². The normalized spacial score (nSPS) is 10.8. The number of hydrogen-bond acceptors (Lipinski definition) is 2. The molecule has 0 fully saturated rings. The maximum Gasteiger partial charge on any atom is 0.287 e. The van der Waals surface area contributed by atoms with Gasteiger partial charge in [-0.05, 0) is 31.0 Å². The first kappa shape index (κ1) is 7.16. The molecule has 1 aromatic heterocycles. The van der Waals surface area contributed by atoms with Crippen LogP contribution in [0.25, 0.3) is 11.0 Å². The van der Waals surface area contributed by atoms with Crippen molar-refractivity contribution < 1.29 is 4.52 Å². The van der Waals surface area contributed by atoms with Crippen molar-refractivity contribution in [1.29, 1.82) is 0 Å². The van der Waals surface area contributed by atoms with Gasteiger partial charge in [-0.15, -0.1) is 0 Å². The molecule has 3 heteroatoms. The molecule has 0 aliphatic rings. The van der Waals surface area contributed by atoms with E-state index >= 15 is 0 Å². The first-order valence-electron chi connectivity index (χ1n) is 3.77. The average molecular weight is 163 g/mol. The van der Waals surface area contributed by atoms with Gasteiger partial charge in [0.2, 0.25) is 0 Å². The Balaban J connectivity index is 3.02. The highest BCUT2D eigenvalue weighted by atomic mass is 16.5. The van der Waals surface area contributed by atoms with Gasteiger partial charge in [0.25, 0.3) is 5.56 Å². The number of rotatable bonds is 0. The molecule has 1 aromatic carbocycles. The number of benzene rings is 1. The minimum absolute atomic E-state index is 0.156. The first-order valence-corrected chi connectivity index (χ1v) is 3.77. The van der Waals surface area contributed by atoms with Crippen LogP contribution in [0.5, 0.6) is 0 Å². The molecule has 0 amide bonds. The zero-order valence-corrected chi connectivity index (χ0v) is 6.97. The summed E-state index contributed by atoms with van der Waals surface area (Å²) in [6.07, 6.45) is 0. The van der Waals surface area contributed by atoms with Crippen molar-refractivity contribution in [3.63, 3.8) is 0 Å². The SMILES string of the molecule is Cc1cc(C)c2o[nH]c(=O)c2c1. The second kappa shape index (κ2) is 2.24. The summed E-state index contributed by atoms with van der Waals surface area (Å²) in [5.41, 5.74) is 2.57. The molecular formula is C9H9NO2. The second-order valence-electron chi connectivity index (χ2n) is 2.99. The Hall–Kier alpha value is -1.51. The monoisotopic (exact) mass is 163 g/mol. The summed E-state index contributed by atoms with van der Waals surface area (Å²) in [5.74, 6) is 0. The Labute approximate surface area is 69.0 Å². The Morgan fingerprint density at radius 1 is 1.33 bits per heavy atom. The molecule has 12 heavy (non-hydrogen) atoms. The van der Waals surface area contributed by atoms with Crippen molar-refractivity contribution >= 4 is 11.0 Å². The molecule has 3 nitrogen and oxygen atoms in total. The Morgan fingerprint density at radius 2 is 2.08 bits per heavy atom.